The van der Waals surface area contributed by atoms with E-state index in [0.717, 1.165) is 30.2 Å². The van der Waals surface area contributed by atoms with Crippen molar-refractivity contribution in [1.82, 2.24) is 10.2 Å². The van der Waals surface area contributed by atoms with Gasteiger partial charge in [-0.05, 0) is 43.5 Å². The number of halogens is 1. The van der Waals surface area contributed by atoms with Crippen LogP contribution in [-0.2, 0) is 32.6 Å². The Morgan fingerprint density at radius 3 is 2.22 bits per heavy atom. The Morgan fingerprint density at radius 1 is 0.927 bits per heavy atom. The number of carbonyl (C=O) groups is 2. The van der Waals surface area contributed by atoms with Gasteiger partial charge < -0.3 is 10.2 Å². The monoisotopic (exact) mass is 581 g/mol. The fraction of sp³-hybridized carbons (Fsp3) is 0.375. The lowest BCUT2D eigenvalue weighted by atomic mass is 10.0. The van der Waals surface area contributed by atoms with Crippen LogP contribution in [0.25, 0.3) is 0 Å². The van der Waals surface area contributed by atoms with Gasteiger partial charge in [0.15, 0.2) is 0 Å². The molecule has 0 saturated carbocycles. The maximum Gasteiger partial charge on any atom is 0.243 e. The lowest BCUT2D eigenvalue weighted by Gasteiger charge is -2.32. The van der Waals surface area contributed by atoms with E-state index in [0.29, 0.717) is 17.8 Å². The molecule has 41 heavy (non-hydrogen) atoms. The number of hydrogen-bond acceptors (Lipinski definition) is 4. The summed E-state index contributed by atoms with van der Waals surface area (Å²) in [6.07, 6.45) is 3.31. The molecule has 1 atom stereocenters. The first kappa shape index (κ1) is 31.8. The normalized spacial score (nSPS) is 12.0. The fourth-order valence-electron chi connectivity index (χ4n) is 4.59. The maximum absolute atomic E-state index is 14.7. The molecule has 3 rings (SSSR count). The van der Waals surface area contributed by atoms with Crippen LogP contribution < -0.4 is 9.62 Å². The van der Waals surface area contributed by atoms with Gasteiger partial charge in [0.05, 0.1) is 11.9 Å². The van der Waals surface area contributed by atoms with Crippen LogP contribution in [0.2, 0.25) is 0 Å². The number of hydrogen-bond donors (Lipinski definition) is 1. The third kappa shape index (κ3) is 9.70. The Hall–Kier alpha value is -3.72. The Balaban J connectivity index is 1.87. The van der Waals surface area contributed by atoms with Gasteiger partial charge in [0, 0.05) is 38.0 Å². The zero-order valence-corrected chi connectivity index (χ0v) is 24.9. The number of nitrogens with zero attached hydrogens (tertiary/aromatic N) is 2. The van der Waals surface area contributed by atoms with Crippen molar-refractivity contribution in [3.63, 3.8) is 0 Å². The smallest absolute Gasteiger partial charge is 0.243 e. The van der Waals surface area contributed by atoms with Crippen molar-refractivity contribution >= 4 is 27.5 Å². The van der Waals surface area contributed by atoms with E-state index in [1.807, 2.05) is 56.3 Å². The first-order valence-corrected chi connectivity index (χ1v) is 15.8. The minimum Gasteiger partial charge on any atom is -0.354 e. The van der Waals surface area contributed by atoms with Crippen molar-refractivity contribution in [2.75, 3.05) is 23.7 Å². The Labute approximate surface area is 243 Å². The van der Waals surface area contributed by atoms with Crippen LogP contribution in [0.4, 0.5) is 10.1 Å². The van der Waals surface area contributed by atoms with Crippen molar-refractivity contribution in [1.29, 1.82) is 0 Å². The third-order valence-corrected chi connectivity index (χ3v) is 8.07. The van der Waals surface area contributed by atoms with E-state index in [9.17, 15) is 22.4 Å². The van der Waals surface area contributed by atoms with Gasteiger partial charge in [0.2, 0.25) is 21.8 Å². The minimum atomic E-state index is -3.59. The number of rotatable bonds is 15. The Morgan fingerprint density at radius 2 is 1.59 bits per heavy atom. The molecule has 0 fully saturated rings. The standard InChI is InChI=1S/C32H40FN3O4S/c1-4-5-21-34-32(38)30(23-26-12-7-6-8-13-26)35(24-27-14-9-10-15-29(27)33)31(37)16-11-22-36(41(3,39)40)28-19-17-25(2)18-20-28/h6-10,12-15,17-20,30H,4-5,11,16,21-24H2,1-3H3,(H,34,38)/t30-/m1/s1. The number of amides is 2. The van der Waals surface area contributed by atoms with E-state index in [1.54, 1.807) is 30.3 Å². The van der Waals surface area contributed by atoms with Gasteiger partial charge in [-0.1, -0.05) is 79.6 Å². The average Bonchev–Trinajstić information content (AvgIpc) is 2.94. The molecule has 1 N–H and O–H groups in total. The zero-order chi connectivity index (χ0) is 29.8. The molecule has 0 heterocycles. The van der Waals surface area contributed by atoms with Crippen molar-refractivity contribution in [3.8, 4) is 0 Å². The van der Waals surface area contributed by atoms with Crippen LogP contribution in [-0.4, -0.2) is 50.5 Å². The van der Waals surface area contributed by atoms with Crippen LogP contribution in [0, 0.1) is 12.7 Å². The van der Waals surface area contributed by atoms with E-state index in [-0.39, 0.29) is 44.2 Å². The van der Waals surface area contributed by atoms with Crippen LogP contribution in [0.1, 0.15) is 49.3 Å². The maximum atomic E-state index is 14.7. The molecule has 220 valence electrons. The van der Waals surface area contributed by atoms with Gasteiger partial charge in [-0.2, -0.15) is 0 Å². The Kier molecular flexibility index (Phi) is 11.9. The predicted octanol–water partition coefficient (Wildman–Crippen LogP) is 5.24. The molecule has 3 aromatic carbocycles. The van der Waals surface area contributed by atoms with Crippen LogP contribution in [0.5, 0.6) is 0 Å². The summed E-state index contributed by atoms with van der Waals surface area (Å²) in [6.45, 7) is 4.42. The fourth-order valence-corrected chi connectivity index (χ4v) is 5.55. The summed E-state index contributed by atoms with van der Waals surface area (Å²) in [4.78, 5) is 28.7. The van der Waals surface area contributed by atoms with Crippen LogP contribution in [0.3, 0.4) is 0 Å². The zero-order valence-electron chi connectivity index (χ0n) is 24.1. The lowest BCUT2D eigenvalue weighted by molar-refractivity contribution is -0.141. The highest BCUT2D eigenvalue weighted by atomic mass is 32.2. The summed E-state index contributed by atoms with van der Waals surface area (Å²) in [7, 11) is -3.59. The van der Waals surface area contributed by atoms with Crippen molar-refractivity contribution in [3.05, 3.63) is 101 Å². The second-order valence-corrected chi connectivity index (χ2v) is 12.1. The molecule has 7 nitrogen and oxygen atoms in total. The summed E-state index contributed by atoms with van der Waals surface area (Å²) in [5.41, 5.74) is 2.70. The SMILES string of the molecule is CCCCNC(=O)[C@@H](Cc1ccccc1)N(Cc1ccccc1F)C(=O)CCCN(c1ccc(C)cc1)S(C)(=O)=O. The number of carbonyl (C=O) groups excluding carboxylic acids is 2. The van der Waals surface area contributed by atoms with Gasteiger partial charge in [-0.25, -0.2) is 12.8 Å². The summed E-state index contributed by atoms with van der Waals surface area (Å²) in [5, 5.41) is 2.95. The molecule has 0 unspecified atom stereocenters. The van der Waals surface area contributed by atoms with Crippen molar-refractivity contribution < 1.29 is 22.4 Å². The number of aryl methyl sites for hydroxylation is 1. The molecule has 0 saturated heterocycles. The number of nitrogens with one attached hydrogen (secondary N) is 1. The van der Waals surface area contributed by atoms with Crippen molar-refractivity contribution in [2.45, 2.75) is 58.5 Å². The highest BCUT2D eigenvalue weighted by Gasteiger charge is 2.31. The second kappa shape index (κ2) is 15.3. The Bertz CT molecular complexity index is 1380. The number of unbranched alkanes of at least 4 members (excludes halogenated alkanes) is 1. The van der Waals surface area contributed by atoms with Gasteiger partial charge in [0.1, 0.15) is 11.9 Å². The van der Waals surface area contributed by atoms with E-state index in [1.165, 1.54) is 15.3 Å². The molecule has 0 aliphatic rings. The van der Waals surface area contributed by atoms with E-state index < -0.39 is 21.9 Å². The van der Waals surface area contributed by atoms with E-state index in [2.05, 4.69) is 5.32 Å². The molecule has 0 aromatic heterocycles. The quantitative estimate of drug-likeness (QED) is 0.249. The summed E-state index contributed by atoms with van der Waals surface area (Å²) >= 11 is 0. The summed E-state index contributed by atoms with van der Waals surface area (Å²) < 4.78 is 41.2. The number of sulfonamides is 1. The topological polar surface area (TPSA) is 86.8 Å². The highest BCUT2D eigenvalue weighted by Crippen LogP contribution is 2.21. The number of anilines is 1. The van der Waals surface area contributed by atoms with E-state index in [4.69, 9.17) is 0 Å². The molecule has 9 heteroatoms. The highest BCUT2D eigenvalue weighted by molar-refractivity contribution is 7.92. The van der Waals surface area contributed by atoms with Gasteiger partial charge in [-0.15, -0.1) is 0 Å². The summed E-state index contributed by atoms with van der Waals surface area (Å²) in [6, 6.07) is 21.9. The van der Waals surface area contributed by atoms with E-state index >= 15 is 0 Å². The van der Waals surface area contributed by atoms with Crippen LogP contribution in [0.15, 0.2) is 78.9 Å². The molecule has 0 radical (unpaired) electrons. The second-order valence-electron chi connectivity index (χ2n) is 10.2. The molecule has 3 aromatic rings. The van der Waals surface area contributed by atoms with Gasteiger partial charge >= 0.3 is 0 Å². The minimum absolute atomic E-state index is 0.0140. The molecule has 0 aliphatic heterocycles. The van der Waals surface area contributed by atoms with Crippen molar-refractivity contribution in [2.24, 2.45) is 0 Å². The largest absolute Gasteiger partial charge is 0.354 e. The number of benzene rings is 3. The molecular formula is C32H40FN3O4S. The molecular weight excluding hydrogens is 541 g/mol. The predicted molar refractivity (Wildman–Crippen MR) is 161 cm³/mol. The first-order valence-electron chi connectivity index (χ1n) is 14.0. The lowest BCUT2D eigenvalue weighted by Crippen LogP contribution is -2.50. The molecule has 0 aliphatic carbocycles. The molecule has 2 amide bonds. The van der Waals surface area contributed by atoms with Gasteiger partial charge in [-0.3, -0.25) is 13.9 Å². The first-order chi connectivity index (χ1) is 19.6. The summed E-state index contributed by atoms with van der Waals surface area (Å²) in [5.74, 6) is -1.11. The van der Waals surface area contributed by atoms with Crippen LogP contribution >= 0.6 is 0 Å². The molecule has 0 spiro atoms. The van der Waals surface area contributed by atoms with Gasteiger partial charge in [0.25, 0.3) is 0 Å². The third-order valence-electron chi connectivity index (χ3n) is 6.87. The molecule has 0 bridgehead atoms. The average molecular weight is 582 g/mol.